The maximum atomic E-state index is 5.37. The van der Waals surface area contributed by atoms with E-state index in [0.29, 0.717) is 11.0 Å². The second kappa shape index (κ2) is 10.6. The lowest BCUT2D eigenvalue weighted by Gasteiger charge is -2.21. The minimum Gasteiger partial charge on any atom is -0.385 e. The number of methoxy groups -OCH3 is 1. The molecule has 4 heteroatoms. The lowest BCUT2D eigenvalue weighted by molar-refractivity contribution is 0.195. The highest BCUT2D eigenvalue weighted by atomic mass is 32.1. The Kier molecular flexibility index (Phi) is 9.09. The minimum absolute atomic E-state index is 0.258. The fourth-order valence-electron chi connectivity index (χ4n) is 2.34. The fraction of sp³-hybridized carbons (Fsp3) is 0.611. The Labute approximate surface area is 140 Å². The van der Waals surface area contributed by atoms with Crippen LogP contribution >= 0.6 is 12.2 Å². The van der Waals surface area contributed by atoms with Crippen molar-refractivity contribution in [3.8, 4) is 0 Å². The molecule has 0 amide bonds. The largest absolute Gasteiger partial charge is 0.385 e. The highest BCUT2D eigenvalue weighted by Gasteiger charge is 2.11. The summed E-state index contributed by atoms with van der Waals surface area (Å²) in [7, 11) is 1.72. The SMILES string of the molecule is CCC(C)c1ccc(C(CC)NC(=S)NCCCOC)cc1. The Morgan fingerprint density at radius 2 is 1.77 bits per heavy atom. The first kappa shape index (κ1) is 18.9. The zero-order valence-corrected chi connectivity index (χ0v) is 15.1. The normalized spacial score (nSPS) is 13.5. The van der Waals surface area contributed by atoms with Crippen LogP contribution in [0.4, 0.5) is 0 Å². The van der Waals surface area contributed by atoms with Crippen LogP contribution in [0, 0.1) is 0 Å². The lowest BCUT2D eigenvalue weighted by Crippen LogP contribution is -2.38. The summed E-state index contributed by atoms with van der Waals surface area (Å²) in [5.41, 5.74) is 2.69. The molecule has 0 saturated heterocycles. The molecule has 3 nitrogen and oxygen atoms in total. The number of ether oxygens (including phenoxy) is 1. The molecule has 2 N–H and O–H groups in total. The van der Waals surface area contributed by atoms with Crippen molar-refractivity contribution in [1.29, 1.82) is 0 Å². The highest BCUT2D eigenvalue weighted by molar-refractivity contribution is 7.80. The summed E-state index contributed by atoms with van der Waals surface area (Å²) in [6.07, 6.45) is 3.13. The van der Waals surface area contributed by atoms with Crippen molar-refractivity contribution >= 4 is 17.3 Å². The van der Waals surface area contributed by atoms with E-state index in [1.165, 1.54) is 17.5 Å². The summed E-state index contributed by atoms with van der Waals surface area (Å²) in [4.78, 5) is 0. The molecule has 2 atom stereocenters. The number of nitrogens with one attached hydrogen (secondary N) is 2. The van der Waals surface area contributed by atoms with Gasteiger partial charge in [-0.05, 0) is 48.5 Å². The minimum atomic E-state index is 0.258. The molecule has 0 spiro atoms. The maximum Gasteiger partial charge on any atom is 0.166 e. The average Bonchev–Trinajstić information content (AvgIpc) is 2.56. The number of benzene rings is 1. The number of rotatable bonds is 9. The standard InChI is InChI=1S/C18H30N2OS/c1-5-14(3)15-8-10-16(11-9-15)17(6-2)20-18(22)19-12-7-13-21-4/h8-11,14,17H,5-7,12-13H2,1-4H3,(H2,19,20,22). The van der Waals surface area contributed by atoms with Crippen LogP contribution < -0.4 is 10.6 Å². The van der Waals surface area contributed by atoms with E-state index in [0.717, 1.165) is 26.0 Å². The summed E-state index contributed by atoms with van der Waals surface area (Å²) in [5, 5.41) is 7.35. The Balaban J connectivity index is 2.54. The van der Waals surface area contributed by atoms with Crippen molar-refractivity contribution in [2.75, 3.05) is 20.3 Å². The van der Waals surface area contributed by atoms with E-state index in [-0.39, 0.29) is 6.04 Å². The Hall–Kier alpha value is -1.13. The molecule has 0 fully saturated rings. The van der Waals surface area contributed by atoms with Gasteiger partial charge in [-0.15, -0.1) is 0 Å². The summed E-state index contributed by atoms with van der Waals surface area (Å²) >= 11 is 5.37. The average molecular weight is 323 g/mol. The summed E-state index contributed by atoms with van der Waals surface area (Å²) < 4.78 is 5.03. The Bertz CT molecular complexity index is 433. The van der Waals surface area contributed by atoms with Gasteiger partial charge in [0.25, 0.3) is 0 Å². The van der Waals surface area contributed by atoms with E-state index in [9.17, 15) is 0 Å². The van der Waals surface area contributed by atoms with E-state index in [4.69, 9.17) is 17.0 Å². The first-order valence-electron chi connectivity index (χ1n) is 8.25. The van der Waals surface area contributed by atoms with Gasteiger partial charge in [-0.1, -0.05) is 45.0 Å². The van der Waals surface area contributed by atoms with Gasteiger partial charge in [0.05, 0.1) is 6.04 Å². The fourth-order valence-corrected chi connectivity index (χ4v) is 2.59. The Morgan fingerprint density at radius 1 is 1.14 bits per heavy atom. The predicted octanol–water partition coefficient (Wildman–Crippen LogP) is 4.15. The van der Waals surface area contributed by atoms with E-state index in [1.54, 1.807) is 7.11 Å². The van der Waals surface area contributed by atoms with Gasteiger partial charge < -0.3 is 15.4 Å². The van der Waals surface area contributed by atoms with Crippen LogP contribution in [-0.4, -0.2) is 25.4 Å². The van der Waals surface area contributed by atoms with E-state index >= 15 is 0 Å². The van der Waals surface area contributed by atoms with Gasteiger partial charge in [0.1, 0.15) is 0 Å². The molecule has 22 heavy (non-hydrogen) atoms. The third-order valence-electron chi connectivity index (χ3n) is 4.04. The number of hydrogen-bond donors (Lipinski definition) is 2. The van der Waals surface area contributed by atoms with Gasteiger partial charge in [-0.2, -0.15) is 0 Å². The molecule has 0 aromatic heterocycles. The topological polar surface area (TPSA) is 33.3 Å². The monoisotopic (exact) mass is 322 g/mol. The van der Waals surface area contributed by atoms with Gasteiger partial charge in [0.2, 0.25) is 0 Å². The van der Waals surface area contributed by atoms with Gasteiger partial charge >= 0.3 is 0 Å². The van der Waals surface area contributed by atoms with Gasteiger partial charge in [-0.25, -0.2) is 0 Å². The second-order valence-electron chi connectivity index (χ2n) is 5.68. The summed E-state index contributed by atoms with van der Waals surface area (Å²) in [5.74, 6) is 0.616. The molecule has 124 valence electrons. The maximum absolute atomic E-state index is 5.37. The van der Waals surface area contributed by atoms with Crippen molar-refractivity contribution < 1.29 is 4.74 Å². The van der Waals surface area contributed by atoms with E-state index < -0.39 is 0 Å². The van der Waals surface area contributed by atoms with Crippen molar-refractivity contribution in [2.24, 2.45) is 0 Å². The van der Waals surface area contributed by atoms with Crippen LogP contribution in [0.1, 0.15) is 63.1 Å². The molecule has 2 unspecified atom stereocenters. The van der Waals surface area contributed by atoms with Crippen LogP contribution in [-0.2, 0) is 4.74 Å². The third-order valence-corrected chi connectivity index (χ3v) is 4.31. The molecule has 0 bridgehead atoms. The van der Waals surface area contributed by atoms with E-state index in [1.807, 2.05) is 0 Å². The van der Waals surface area contributed by atoms with Crippen molar-refractivity contribution in [1.82, 2.24) is 10.6 Å². The van der Waals surface area contributed by atoms with E-state index in [2.05, 4.69) is 55.7 Å². The van der Waals surface area contributed by atoms with Crippen LogP contribution in [0.3, 0.4) is 0 Å². The first-order valence-corrected chi connectivity index (χ1v) is 8.66. The van der Waals surface area contributed by atoms with Crippen LogP contribution in [0.5, 0.6) is 0 Å². The van der Waals surface area contributed by atoms with Gasteiger partial charge in [-0.3, -0.25) is 0 Å². The zero-order valence-electron chi connectivity index (χ0n) is 14.3. The zero-order chi connectivity index (χ0) is 16.4. The number of hydrogen-bond acceptors (Lipinski definition) is 2. The molecule has 0 saturated carbocycles. The molecule has 0 aliphatic carbocycles. The van der Waals surface area contributed by atoms with Gasteiger partial charge in [0.15, 0.2) is 5.11 Å². The van der Waals surface area contributed by atoms with Crippen molar-refractivity contribution in [3.05, 3.63) is 35.4 Å². The van der Waals surface area contributed by atoms with Crippen LogP contribution in [0.25, 0.3) is 0 Å². The molecular weight excluding hydrogens is 292 g/mol. The highest BCUT2D eigenvalue weighted by Crippen LogP contribution is 2.22. The molecule has 0 heterocycles. The van der Waals surface area contributed by atoms with Gasteiger partial charge in [0, 0.05) is 20.3 Å². The van der Waals surface area contributed by atoms with Crippen molar-refractivity contribution in [3.63, 3.8) is 0 Å². The lowest BCUT2D eigenvalue weighted by atomic mass is 9.95. The quantitative estimate of drug-likeness (QED) is 0.528. The molecule has 1 aromatic rings. The summed E-state index contributed by atoms with van der Waals surface area (Å²) in [6.45, 7) is 8.26. The third kappa shape index (κ3) is 6.32. The first-order chi connectivity index (χ1) is 10.6. The molecule has 1 aromatic carbocycles. The smallest absolute Gasteiger partial charge is 0.166 e. The van der Waals surface area contributed by atoms with Crippen molar-refractivity contribution in [2.45, 2.75) is 52.0 Å². The van der Waals surface area contributed by atoms with Crippen LogP contribution in [0.15, 0.2) is 24.3 Å². The molecule has 0 aliphatic heterocycles. The molecule has 0 aliphatic rings. The second-order valence-corrected chi connectivity index (χ2v) is 6.09. The Morgan fingerprint density at radius 3 is 2.32 bits per heavy atom. The summed E-state index contributed by atoms with van der Waals surface area (Å²) in [6, 6.07) is 9.17. The molecule has 1 rings (SSSR count). The predicted molar refractivity (Wildman–Crippen MR) is 98.4 cm³/mol. The van der Waals surface area contributed by atoms with Crippen LogP contribution in [0.2, 0.25) is 0 Å². The number of thiocarbonyl (C=S) groups is 1. The molecular formula is C18H30N2OS. The molecule has 0 radical (unpaired) electrons.